The Kier molecular flexibility index (Phi) is 6.58. The molecule has 0 spiro atoms. The molecule has 10 nitrogen and oxygen atoms in total. The van der Waals surface area contributed by atoms with E-state index in [0.717, 1.165) is 10.1 Å². The van der Waals surface area contributed by atoms with Gasteiger partial charge in [0.05, 0.1) is 24.4 Å². The Bertz CT molecular complexity index is 1390. The molecule has 0 saturated heterocycles. The Morgan fingerprint density at radius 2 is 1.56 bits per heavy atom. The molecule has 1 N–H and O–H groups in total. The van der Waals surface area contributed by atoms with Crippen molar-refractivity contribution in [3.63, 3.8) is 0 Å². The van der Waals surface area contributed by atoms with Crippen molar-refractivity contribution < 1.29 is 9.47 Å². The van der Waals surface area contributed by atoms with Crippen LogP contribution < -0.4 is 14.8 Å². The van der Waals surface area contributed by atoms with Gasteiger partial charge in [-0.15, -0.1) is 0 Å². The van der Waals surface area contributed by atoms with Gasteiger partial charge in [-0.25, -0.2) is 19.0 Å². The summed E-state index contributed by atoms with van der Waals surface area (Å²) >= 11 is 15.0. The minimum Gasteiger partial charge on any atom is -0.491 e. The predicted octanol–water partition coefficient (Wildman–Crippen LogP) is 4.68. The van der Waals surface area contributed by atoms with Crippen LogP contribution in [0.5, 0.6) is 11.6 Å². The number of hydrogen-bond donors (Lipinski definition) is 1. The molecule has 0 bridgehead atoms. The Morgan fingerprint density at radius 3 is 2.25 bits per heavy atom. The first-order valence-electron chi connectivity index (χ1n) is 9.00. The molecule has 5 aromatic heterocycles. The van der Waals surface area contributed by atoms with Crippen molar-refractivity contribution in [1.82, 2.24) is 34.2 Å². The monoisotopic (exact) mass is 536 g/mol. The highest BCUT2D eigenvalue weighted by atomic mass is 79.9. The molecular formula is C19H15BrCl2N8O2. The molecule has 0 aliphatic carbocycles. The normalized spacial score (nSPS) is 10.7. The zero-order valence-corrected chi connectivity index (χ0v) is 19.8. The number of nitrogens with zero attached hydrogens (tertiary/aromatic N) is 7. The van der Waals surface area contributed by atoms with Crippen LogP contribution in [0.2, 0.25) is 10.3 Å². The number of ether oxygens (including phenoxy) is 2. The van der Waals surface area contributed by atoms with Crippen molar-refractivity contribution >= 4 is 61.9 Å². The van der Waals surface area contributed by atoms with Crippen LogP contribution in [0.4, 0.5) is 11.5 Å². The van der Waals surface area contributed by atoms with E-state index >= 15 is 0 Å². The zero-order valence-electron chi connectivity index (χ0n) is 16.7. The maximum atomic E-state index is 5.99. The van der Waals surface area contributed by atoms with Gasteiger partial charge in [-0.3, -0.25) is 0 Å². The molecule has 0 saturated carbocycles. The maximum absolute atomic E-state index is 5.99. The second-order valence-corrected chi connectivity index (χ2v) is 7.75. The number of nitrogens with one attached hydrogen (secondary N) is 1. The highest BCUT2D eigenvalue weighted by molar-refractivity contribution is 9.10. The maximum Gasteiger partial charge on any atom is 0.258 e. The molecule has 0 radical (unpaired) electrons. The predicted molar refractivity (Wildman–Crippen MR) is 124 cm³/mol. The van der Waals surface area contributed by atoms with E-state index in [2.05, 4.69) is 46.4 Å². The molecule has 5 aromatic rings. The van der Waals surface area contributed by atoms with Crippen LogP contribution in [0.1, 0.15) is 0 Å². The first kappa shape index (κ1) is 22.1. The number of halogens is 3. The van der Waals surface area contributed by atoms with Crippen LogP contribution in [-0.4, -0.2) is 48.4 Å². The van der Waals surface area contributed by atoms with E-state index in [1.807, 2.05) is 0 Å². The summed E-state index contributed by atoms with van der Waals surface area (Å²) in [5, 5.41) is 12.0. The second-order valence-electron chi connectivity index (χ2n) is 6.12. The molecule has 164 valence electrons. The van der Waals surface area contributed by atoms with Crippen molar-refractivity contribution in [3.8, 4) is 11.6 Å². The topological polar surface area (TPSA) is 104 Å². The van der Waals surface area contributed by atoms with Gasteiger partial charge in [0, 0.05) is 30.9 Å². The molecule has 0 amide bonds. The number of hydrogen-bond acceptors (Lipinski definition) is 8. The second kappa shape index (κ2) is 9.55. The number of imidazole rings is 2. The van der Waals surface area contributed by atoms with Crippen LogP contribution in [0, 0.1) is 0 Å². The van der Waals surface area contributed by atoms with E-state index in [9.17, 15) is 0 Å². The van der Waals surface area contributed by atoms with Gasteiger partial charge in [-0.05, 0) is 34.1 Å². The first-order chi connectivity index (χ1) is 15.5. The summed E-state index contributed by atoms with van der Waals surface area (Å²) in [6.07, 6.45) is 6.77. The molecule has 0 atom stereocenters. The van der Waals surface area contributed by atoms with Gasteiger partial charge in [0.2, 0.25) is 0 Å². The van der Waals surface area contributed by atoms with E-state index in [1.165, 1.54) is 7.11 Å². The lowest BCUT2D eigenvalue weighted by molar-refractivity contribution is 0.343. The van der Waals surface area contributed by atoms with E-state index in [0.29, 0.717) is 39.1 Å². The van der Waals surface area contributed by atoms with Gasteiger partial charge in [0.25, 0.3) is 5.88 Å². The smallest absolute Gasteiger partial charge is 0.258 e. The molecule has 5 heterocycles. The van der Waals surface area contributed by atoms with Gasteiger partial charge < -0.3 is 14.8 Å². The molecule has 0 fully saturated rings. The third kappa shape index (κ3) is 4.69. The van der Waals surface area contributed by atoms with Crippen molar-refractivity contribution in [2.24, 2.45) is 0 Å². The lowest BCUT2D eigenvalue weighted by Crippen LogP contribution is -2.01. The van der Waals surface area contributed by atoms with Crippen LogP contribution in [0.25, 0.3) is 11.3 Å². The summed E-state index contributed by atoms with van der Waals surface area (Å²) in [6.45, 7) is 0. The average Bonchev–Trinajstić information content (AvgIpc) is 3.43. The summed E-state index contributed by atoms with van der Waals surface area (Å²) in [5.74, 6) is 1.53. The van der Waals surface area contributed by atoms with E-state index in [4.69, 9.17) is 32.7 Å². The Labute approximate surface area is 200 Å². The third-order valence-electron chi connectivity index (χ3n) is 4.12. The largest absolute Gasteiger partial charge is 0.491 e. The van der Waals surface area contributed by atoms with Crippen molar-refractivity contribution in [2.45, 2.75) is 0 Å². The summed E-state index contributed by atoms with van der Waals surface area (Å²) in [4.78, 5) is 12.6. The van der Waals surface area contributed by atoms with Gasteiger partial charge in [-0.1, -0.05) is 23.2 Å². The van der Waals surface area contributed by atoms with Crippen molar-refractivity contribution in [2.75, 3.05) is 19.5 Å². The molecule has 5 rings (SSSR count). The molecule has 0 aromatic carbocycles. The quantitative estimate of drug-likeness (QED) is 0.352. The fourth-order valence-corrected chi connectivity index (χ4v) is 3.78. The lowest BCUT2D eigenvalue weighted by Gasteiger charge is -2.10. The average molecular weight is 538 g/mol. The highest BCUT2D eigenvalue weighted by Crippen LogP contribution is 2.28. The first-order valence-corrected chi connectivity index (χ1v) is 10.5. The summed E-state index contributed by atoms with van der Waals surface area (Å²) in [6, 6.07) is 6.93. The molecule has 0 aliphatic rings. The Morgan fingerprint density at radius 1 is 0.906 bits per heavy atom. The zero-order chi connectivity index (χ0) is 22.7. The lowest BCUT2D eigenvalue weighted by atomic mass is 10.4. The van der Waals surface area contributed by atoms with Crippen LogP contribution >= 0.6 is 39.1 Å². The van der Waals surface area contributed by atoms with Gasteiger partial charge >= 0.3 is 0 Å². The molecular weight excluding hydrogens is 523 g/mol. The highest BCUT2D eigenvalue weighted by Gasteiger charge is 2.10. The molecule has 0 aliphatic heterocycles. The number of fused-ring (bicyclic) bond motifs is 2. The number of rotatable bonds is 4. The van der Waals surface area contributed by atoms with Gasteiger partial charge in [-0.2, -0.15) is 15.2 Å². The Hall–Kier alpha value is -3.15. The number of anilines is 2. The van der Waals surface area contributed by atoms with Crippen molar-refractivity contribution in [3.05, 3.63) is 63.8 Å². The van der Waals surface area contributed by atoms with Gasteiger partial charge in [0.15, 0.2) is 27.4 Å². The third-order valence-corrected chi connectivity index (χ3v) is 5.07. The van der Waals surface area contributed by atoms with Crippen molar-refractivity contribution in [1.29, 1.82) is 0 Å². The number of methoxy groups -OCH3 is 2. The number of aromatic nitrogens is 7. The Balaban J connectivity index is 0.000000186. The number of pyridine rings is 1. The van der Waals surface area contributed by atoms with Crippen LogP contribution in [0.15, 0.2) is 53.5 Å². The summed E-state index contributed by atoms with van der Waals surface area (Å²) in [7, 11) is 3.09. The minimum atomic E-state index is 0.350. The minimum absolute atomic E-state index is 0.350. The molecule has 32 heavy (non-hydrogen) atoms. The van der Waals surface area contributed by atoms with Gasteiger partial charge in [0.1, 0.15) is 5.82 Å². The van der Waals surface area contributed by atoms with E-state index in [1.54, 1.807) is 65.2 Å². The van der Waals surface area contributed by atoms with Crippen LogP contribution in [-0.2, 0) is 0 Å². The summed E-state index contributed by atoms with van der Waals surface area (Å²) in [5.41, 5.74) is 2.12. The standard InChI is InChI=1S/C13H12ClN5O2.C6H3BrClN3/c1-20-9-3-4-11(17-13(9)21-2)16-8-7-10(14)18-19-6-5-15-12(8)19;7-4-3-5(8)10-11-2-1-9-6(4)11/h3-7H,1-2H3,(H,16,17);1-3H. The SMILES string of the molecule is COc1ccc(Nc2cc(Cl)nn3ccnc23)nc1OC.Clc1cc(Br)c2nccn2n1. The fourth-order valence-electron chi connectivity index (χ4n) is 2.76. The summed E-state index contributed by atoms with van der Waals surface area (Å²) < 4.78 is 14.4. The molecule has 0 unspecified atom stereocenters. The van der Waals surface area contributed by atoms with Crippen LogP contribution in [0.3, 0.4) is 0 Å². The fraction of sp³-hybridized carbons (Fsp3) is 0.105. The van der Waals surface area contributed by atoms with E-state index in [-0.39, 0.29) is 0 Å². The van der Waals surface area contributed by atoms with E-state index < -0.39 is 0 Å². The molecule has 13 heteroatoms.